The van der Waals surface area contributed by atoms with E-state index in [4.69, 9.17) is 42.4 Å². The van der Waals surface area contributed by atoms with Gasteiger partial charge >= 0.3 is 23.9 Å². The summed E-state index contributed by atoms with van der Waals surface area (Å²) in [4.78, 5) is 59.5. The standard InChI is InChI=1S/C47H58N2O14/c1-8-14-36(50)46(3,4)38-19-12-17-33-32(59-33)16-10-11-21-40-48-30(27-57-40)44(54)63-39(47(5,6)37(15-9-2)61-43(53)25-24-42(51)52)20-13-18-34-35(60-34)23-22-29(56-7)26-41-49-31(28-58-41)45(55)62-38/h8-18,21-23,27-29,32-39,50H,19-20,24-26H2,1-7H3,(H,51,52)/t29-,32-,33+,34?,35?,36-,37-,38-,39-/m0/s1. The van der Waals surface area contributed by atoms with Crippen molar-refractivity contribution in [3.63, 3.8) is 0 Å². The number of epoxide rings is 2. The third-order valence-electron chi connectivity index (χ3n) is 11.0. The van der Waals surface area contributed by atoms with E-state index in [1.54, 1.807) is 70.2 Å². The first-order valence-corrected chi connectivity index (χ1v) is 20.9. The molecular formula is C47H58N2O14. The van der Waals surface area contributed by atoms with Crippen LogP contribution in [0.25, 0.3) is 6.08 Å². The van der Waals surface area contributed by atoms with Gasteiger partial charge in [-0.1, -0.05) is 101 Å². The number of aliphatic hydroxyl groups is 1. The van der Waals surface area contributed by atoms with Gasteiger partial charge in [0.1, 0.15) is 55.3 Å². The van der Waals surface area contributed by atoms with Crippen LogP contribution in [0.4, 0.5) is 0 Å². The number of nitrogens with zero attached hydrogens (tertiary/aromatic N) is 2. The van der Waals surface area contributed by atoms with Crippen LogP contribution in [0.3, 0.4) is 0 Å². The van der Waals surface area contributed by atoms with E-state index in [1.807, 2.05) is 56.4 Å². The lowest BCUT2D eigenvalue weighted by Crippen LogP contribution is -2.44. The Morgan fingerprint density at radius 3 is 2.00 bits per heavy atom. The minimum atomic E-state index is -1.13. The number of aromatic nitrogens is 2. The lowest BCUT2D eigenvalue weighted by Gasteiger charge is -2.38. The SMILES string of the molecule is CC=C[C@H](OC(=O)CCC(=O)O)C(C)(C)[C@@H]1CC=CC2OC2C=C[C@H](OC)Cc2nc(co2)C(=O)O[C@H](C(C)(C)[C@@H](O)C=CC)CC=C[C@H]2O[C@H]2C=CC=Cc2nc(co2)C(=O)O1. The number of cyclic esters (lactones) is 2. The summed E-state index contributed by atoms with van der Waals surface area (Å²) in [5, 5.41) is 20.0. The van der Waals surface area contributed by atoms with E-state index in [0.717, 1.165) is 0 Å². The highest BCUT2D eigenvalue weighted by Crippen LogP contribution is 2.36. The Kier molecular flexibility index (Phi) is 17.0. The van der Waals surface area contributed by atoms with E-state index >= 15 is 0 Å². The minimum Gasteiger partial charge on any atom is -0.481 e. The first kappa shape index (κ1) is 48.4. The maximum absolute atomic E-state index is 13.6. The maximum Gasteiger partial charge on any atom is 0.360 e. The molecule has 0 aliphatic carbocycles. The number of carboxylic acid groups (broad SMARTS) is 1. The van der Waals surface area contributed by atoms with Crippen LogP contribution in [-0.4, -0.2) is 106 Å². The van der Waals surface area contributed by atoms with Crippen molar-refractivity contribution in [1.82, 2.24) is 9.97 Å². The van der Waals surface area contributed by atoms with Crippen LogP contribution in [0, 0.1) is 10.8 Å². The fourth-order valence-corrected chi connectivity index (χ4v) is 6.68. The van der Waals surface area contributed by atoms with Gasteiger partial charge in [-0.05, 0) is 19.9 Å². The summed E-state index contributed by atoms with van der Waals surface area (Å²) in [6, 6.07) is 0. The van der Waals surface area contributed by atoms with Gasteiger partial charge in [0.2, 0.25) is 5.89 Å². The average Bonchev–Trinajstić information content (AvgIpc) is 4.04. The third-order valence-corrected chi connectivity index (χ3v) is 11.0. The number of allylic oxidation sites excluding steroid dienone is 4. The fourth-order valence-electron chi connectivity index (χ4n) is 6.68. The lowest BCUT2D eigenvalue weighted by molar-refractivity contribution is -0.158. The van der Waals surface area contributed by atoms with Crippen molar-refractivity contribution in [3.8, 4) is 0 Å². The van der Waals surface area contributed by atoms with Gasteiger partial charge in [0.05, 0.1) is 31.5 Å². The van der Waals surface area contributed by atoms with Crippen molar-refractivity contribution >= 4 is 30.0 Å². The fraction of sp³-hybridized carbons (Fsp3) is 0.489. The van der Waals surface area contributed by atoms with Crippen LogP contribution in [0.15, 0.2) is 100 Å². The van der Waals surface area contributed by atoms with E-state index < -0.39 is 71.6 Å². The molecule has 0 aromatic carbocycles. The van der Waals surface area contributed by atoms with E-state index in [9.17, 15) is 24.3 Å². The van der Waals surface area contributed by atoms with Crippen LogP contribution in [0.5, 0.6) is 0 Å². The summed E-state index contributed by atoms with van der Waals surface area (Å²) in [6.07, 6.45) is 22.2. The van der Waals surface area contributed by atoms with Gasteiger partial charge in [-0.3, -0.25) is 9.59 Å². The number of ether oxygens (including phenoxy) is 6. The second kappa shape index (κ2) is 22.1. The Balaban J connectivity index is 1.38. The van der Waals surface area contributed by atoms with Crippen LogP contribution < -0.4 is 0 Å². The average molecular weight is 875 g/mol. The van der Waals surface area contributed by atoms with Gasteiger partial charge in [0.25, 0.3) is 0 Å². The zero-order valence-corrected chi connectivity index (χ0v) is 36.7. The lowest BCUT2D eigenvalue weighted by atomic mass is 9.78. The molecule has 2 aromatic heterocycles. The van der Waals surface area contributed by atoms with Crippen molar-refractivity contribution in [3.05, 3.63) is 115 Å². The summed E-state index contributed by atoms with van der Waals surface area (Å²) < 4.78 is 46.2. The van der Waals surface area contributed by atoms with Crippen molar-refractivity contribution in [2.45, 2.75) is 129 Å². The molecule has 340 valence electrons. The first-order valence-electron chi connectivity index (χ1n) is 20.9. The monoisotopic (exact) mass is 874 g/mol. The highest BCUT2D eigenvalue weighted by molar-refractivity contribution is 5.87. The molecule has 0 amide bonds. The molecule has 2 unspecified atom stereocenters. The number of rotatable bonds is 11. The minimum absolute atomic E-state index is 0.0187. The molecule has 0 saturated carbocycles. The molecule has 3 aliphatic rings. The number of carboxylic acids is 1. The van der Waals surface area contributed by atoms with Gasteiger partial charge in [-0.25, -0.2) is 19.6 Å². The number of carbonyl (C=O) groups is 4. The van der Waals surface area contributed by atoms with Crippen LogP contribution in [0.1, 0.15) is 100.0 Å². The molecule has 2 fully saturated rings. The van der Waals surface area contributed by atoms with Crippen molar-refractivity contribution in [2.24, 2.45) is 10.8 Å². The molecule has 5 rings (SSSR count). The molecular weight excluding hydrogens is 817 g/mol. The van der Waals surface area contributed by atoms with Gasteiger partial charge in [-0.15, -0.1) is 0 Å². The van der Waals surface area contributed by atoms with E-state index in [0.29, 0.717) is 0 Å². The molecule has 0 radical (unpaired) electrons. The summed E-state index contributed by atoms with van der Waals surface area (Å²) in [5.74, 6) is -2.89. The third kappa shape index (κ3) is 13.9. The van der Waals surface area contributed by atoms with Crippen molar-refractivity contribution < 1.29 is 66.6 Å². The predicted octanol–water partition coefficient (Wildman–Crippen LogP) is 6.88. The Labute approximate surface area is 367 Å². The molecule has 2 saturated heterocycles. The summed E-state index contributed by atoms with van der Waals surface area (Å²) in [6.45, 7) is 10.8. The number of aliphatic hydroxyl groups excluding tert-OH is 1. The normalized spacial score (nSPS) is 26.1. The Hall–Kier alpha value is -5.68. The zero-order valence-electron chi connectivity index (χ0n) is 36.7. The Morgan fingerprint density at radius 2 is 1.38 bits per heavy atom. The smallest absolute Gasteiger partial charge is 0.360 e. The van der Waals surface area contributed by atoms with Crippen molar-refractivity contribution in [2.75, 3.05) is 7.11 Å². The molecule has 63 heavy (non-hydrogen) atoms. The topological polar surface area (TPSA) is 223 Å². The Morgan fingerprint density at radius 1 is 0.794 bits per heavy atom. The predicted molar refractivity (Wildman–Crippen MR) is 228 cm³/mol. The van der Waals surface area contributed by atoms with Crippen molar-refractivity contribution in [1.29, 1.82) is 0 Å². The van der Waals surface area contributed by atoms with Crippen LogP contribution in [0.2, 0.25) is 0 Å². The summed E-state index contributed by atoms with van der Waals surface area (Å²) in [7, 11) is 1.54. The zero-order chi connectivity index (χ0) is 45.7. The number of hydrogen-bond donors (Lipinski definition) is 2. The molecule has 0 spiro atoms. The molecule has 3 aliphatic heterocycles. The number of hydrogen-bond acceptors (Lipinski definition) is 15. The summed E-state index contributed by atoms with van der Waals surface area (Å²) in [5.41, 5.74) is -1.98. The van der Waals surface area contributed by atoms with Gasteiger partial charge in [0, 0.05) is 36.9 Å². The number of esters is 3. The molecule has 16 heteroatoms. The molecule has 5 heterocycles. The van der Waals surface area contributed by atoms with E-state index in [1.165, 1.54) is 19.6 Å². The highest BCUT2D eigenvalue weighted by Gasteiger charge is 2.42. The number of methoxy groups -OCH3 is 1. The van der Waals surface area contributed by atoms with Gasteiger partial charge < -0.3 is 47.5 Å². The largest absolute Gasteiger partial charge is 0.481 e. The van der Waals surface area contributed by atoms with E-state index in [2.05, 4.69) is 9.97 Å². The number of aliphatic carboxylic acids is 1. The second-order valence-corrected chi connectivity index (χ2v) is 16.5. The second-order valence-electron chi connectivity index (χ2n) is 16.5. The molecule has 16 nitrogen and oxygen atoms in total. The quantitative estimate of drug-likeness (QED) is 0.102. The molecule has 4 bridgehead atoms. The molecule has 2 aromatic rings. The molecule has 2 N–H and O–H groups in total. The van der Waals surface area contributed by atoms with Gasteiger partial charge in [-0.2, -0.15) is 0 Å². The molecule has 9 atom stereocenters. The number of fused-ring (bicyclic) bond motifs is 6. The van der Waals surface area contributed by atoms with E-state index in [-0.39, 0.29) is 73.3 Å². The first-order chi connectivity index (χ1) is 30.0. The maximum atomic E-state index is 13.6. The van der Waals surface area contributed by atoms with Crippen LogP contribution >= 0.6 is 0 Å². The van der Waals surface area contributed by atoms with Gasteiger partial charge in [0.15, 0.2) is 17.3 Å². The van der Waals surface area contributed by atoms with Crippen LogP contribution in [-0.2, 0) is 44.4 Å². The summed E-state index contributed by atoms with van der Waals surface area (Å²) >= 11 is 0. The number of carbonyl (C=O) groups excluding carboxylic acids is 3. The number of oxazole rings is 2. The highest BCUT2D eigenvalue weighted by atomic mass is 16.6. The Bertz CT molecular complexity index is 2100.